The average Bonchev–Trinajstić information content (AvgIpc) is 2.88. The van der Waals surface area contributed by atoms with Gasteiger partial charge in [-0.05, 0) is 39.2 Å². The van der Waals surface area contributed by atoms with Crippen molar-refractivity contribution in [2.45, 2.75) is 61.0 Å². The van der Waals surface area contributed by atoms with Gasteiger partial charge in [-0.25, -0.2) is 0 Å². The topological polar surface area (TPSA) is 55.1 Å². The van der Waals surface area contributed by atoms with Crippen LogP contribution in [0.15, 0.2) is 0 Å². The molecule has 2 aliphatic carbocycles. The second kappa shape index (κ2) is 4.96. The first-order valence-corrected chi connectivity index (χ1v) is 7.25. The smallest absolute Gasteiger partial charge is 0.237 e. The first-order chi connectivity index (χ1) is 7.66. The van der Waals surface area contributed by atoms with E-state index in [4.69, 9.17) is 5.73 Å². The molecule has 0 radical (unpaired) electrons. The second-order valence-electron chi connectivity index (χ2n) is 5.10. The van der Waals surface area contributed by atoms with Crippen LogP contribution in [0.25, 0.3) is 0 Å². The van der Waals surface area contributed by atoms with Crippen molar-refractivity contribution in [1.82, 2.24) is 5.32 Å². The number of rotatable bonds is 4. The fourth-order valence-electron chi connectivity index (χ4n) is 2.99. The van der Waals surface area contributed by atoms with Crippen LogP contribution in [0, 0.1) is 0 Å². The Hall–Kier alpha value is -0.220. The summed E-state index contributed by atoms with van der Waals surface area (Å²) in [7, 11) is 1.85. The molecule has 2 atom stereocenters. The number of hydrogen-bond acceptors (Lipinski definition) is 3. The van der Waals surface area contributed by atoms with E-state index in [2.05, 4.69) is 17.1 Å². The van der Waals surface area contributed by atoms with Gasteiger partial charge in [-0.1, -0.05) is 12.8 Å². The number of nitrogens with one attached hydrogen (secondary N) is 1. The zero-order valence-electron chi connectivity index (χ0n) is 10.00. The number of likely N-dealkylation sites (N-methyl/N-ethyl adjacent to an activating group) is 1. The maximum absolute atomic E-state index is 11.5. The predicted molar refractivity (Wildman–Crippen MR) is 68.5 cm³/mol. The van der Waals surface area contributed by atoms with E-state index in [-0.39, 0.29) is 5.91 Å². The van der Waals surface area contributed by atoms with Crippen LogP contribution in [0.4, 0.5) is 0 Å². The fraction of sp³-hybridized carbons (Fsp3) is 0.917. The van der Waals surface area contributed by atoms with Crippen LogP contribution in [-0.4, -0.2) is 29.0 Å². The minimum atomic E-state index is -0.420. The normalized spacial score (nSPS) is 35.7. The zero-order valence-corrected chi connectivity index (χ0v) is 10.8. The summed E-state index contributed by atoms with van der Waals surface area (Å²) in [5.41, 5.74) is 5.08. The van der Waals surface area contributed by atoms with Crippen LogP contribution in [0.2, 0.25) is 0 Å². The average molecular weight is 242 g/mol. The van der Waals surface area contributed by atoms with Crippen LogP contribution in [0.1, 0.15) is 44.9 Å². The Morgan fingerprint density at radius 1 is 1.31 bits per heavy atom. The molecule has 2 fully saturated rings. The van der Waals surface area contributed by atoms with Gasteiger partial charge in [0.15, 0.2) is 0 Å². The third-order valence-electron chi connectivity index (χ3n) is 4.11. The van der Waals surface area contributed by atoms with Crippen LogP contribution >= 0.6 is 11.8 Å². The van der Waals surface area contributed by atoms with E-state index in [0.29, 0.717) is 5.25 Å². The molecule has 4 heteroatoms. The summed E-state index contributed by atoms with van der Waals surface area (Å²) in [6, 6.07) is 0. The van der Waals surface area contributed by atoms with Crippen LogP contribution < -0.4 is 11.1 Å². The predicted octanol–water partition coefficient (Wildman–Crippen LogP) is 1.66. The summed E-state index contributed by atoms with van der Waals surface area (Å²) in [6.07, 6.45) is 8.46. The third kappa shape index (κ3) is 2.38. The van der Waals surface area contributed by atoms with Crippen LogP contribution in [0.5, 0.6) is 0 Å². The van der Waals surface area contributed by atoms with Crippen molar-refractivity contribution in [1.29, 1.82) is 0 Å². The first-order valence-electron chi connectivity index (χ1n) is 6.30. The number of primary amides is 1. The Bertz CT molecular complexity index is 266. The number of thioether (sulfide) groups is 1. The van der Waals surface area contributed by atoms with Crippen LogP contribution in [0.3, 0.4) is 0 Å². The molecule has 1 amide bonds. The SMILES string of the molecule is CNC1(C(N)=O)CCC(SC2CCCC2)C1. The Labute approximate surface area is 102 Å². The lowest BCUT2D eigenvalue weighted by Gasteiger charge is -2.25. The molecule has 16 heavy (non-hydrogen) atoms. The summed E-state index contributed by atoms with van der Waals surface area (Å²) in [6.45, 7) is 0. The molecule has 0 aromatic heterocycles. The Morgan fingerprint density at radius 3 is 2.50 bits per heavy atom. The molecule has 0 heterocycles. The van der Waals surface area contributed by atoms with E-state index in [1.165, 1.54) is 25.7 Å². The third-order valence-corrected chi connectivity index (χ3v) is 5.75. The van der Waals surface area contributed by atoms with E-state index in [9.17, 15) is 4.79 Å². The van der Waals surface area contributed by atoms with Gasteiger partial charge >= 0.3 is 0 Å². The molecule has 2 saturated carbocycles. The minimum Gasteiger partial charge on any atom is -0.368 e. The molecule has 0 aliphatic heterocycles. The molecule has 92 valence electrons. The Morgan fingerprint density at radius 2 is 2.00 bits per heavy atom. The quantitative estimate of drug-likeness (QED) is 0.788. The molecule has 2 unspecified atom stereocenters. The summed E-state index contributed by atoms with van der Waals surface area (Å²) in [5.74, 6) is -0.176. The lowest BCUT2D eigenvalue weighted by atomic mass is 9.97. The summed E-state index contributed by atoms with van der Waals surface area (Å²) in [5, 5.41) is 4.61. The van der Waals surface area contributed by atoms with Gasteiger partial charge in [-0.3, -0.25) is 4.79 Å². The number of carbonyl (C=O) groups is 1. The summed E-state index contributed by atoms with van der Waals surface area (Å²) < 4.78 is 0. The molecule has 3 N–H and O–H groups in total. The molecular formula is C12H22N2OS. The molecule has 0 bridgehead atoms. The monoisotopic (exact) mass is 242 g/mol. The van der Waals surface area contributed by atoms with Gasteiger partial charge in [-0.15, -0.1) is 0 Å². The summed E-state index contributed by atoms with van der Waals surface area (Å²) in [4.78, 5) is 11.5. The number of carbonyl (C=O) groups excluding carboxylic acids is 1. The summed E-state index contributed by atoms with van der Waals surface area (Å²) >= 11 is 2.10. The molecule has 2 aliphatic rings. The van der Waals surface area contributed by atoms with Crippen molar-refractivity contribution in [3.8, 4) is 0 Å². The molecule has 0 aromatic rings. The van der Waals surface area contributed by atoms with Gasteiger partial charge in [0, 0.05) is 10.5 Å². The lowest BCUT2D eigenvalue weighted by molar-refractivity contribution is -0.124. The minimum absolute atomic E-state index is 0.176. The number of hydrogen-bond donors (Lipinski definition) is 2. The van der Waals surface area contributed by atoms with Crippen molar-refractivity contribution < 1.29 is 4.79 Å². The Kier molecular flexibility index (Phi) is 3.80. The molecule has 0 spiro atoms. The standard InChI is InChI=1S/C12H22N2OS/c1-14-12(11(13)15)7-6-10(8-12)16-9-4-2-3-5-9/h9-10,14H,2-8H2,1H3,(H2,13,15). The highest BCUT2D eigenvalue weighted by atomic mass is 32.2. The zero-order chi connectivity index (χ0) is 11.6. The van der Waals surface area contributed by atoms with E-state index in [1.54, 1.807) is 0 Å². The highest BCUT2D eigenvalue weighted by Gasteiger charge is 2.43. The van der Waals surface area contributed by atoms with Crippen molar-refractivity contribution in [3.05, 3.63) is 0 Å². The molecular weight excluding hydrogens is 220 g/mol. The van der Waals surface area contributed by atoms with E-state index in [0.717, 1.165) is 24.5 Å². The van der Waals surface area contributed by atoms with Gasteiger partial charge in [0.25, 0.3) is 0 Å². The fourth-order valence-corrected chi connectivity index (χ4v) is 4.77. The first kappa shape index (κ1) is 12.2. The molecule has 2 rings (SSSR count). The van der Waals surface area contributed by atoms with E-state index >= 15 is 0 Å². The number of amides is 1. The van der Waals surface area contributed by atoms with Crippen molar-refractivity contribution in [2.75, 3.05) is 7.05 Å². The molecule has 3 nitrogen and oxygen atoms in total. The van der Waals surface area contributed by atoms with Gasteiger partial charge < -0.3 is 11.1 Å². The van der Waals surface area contributed by atoms with Crippen molar-refractivity contribution in [2.24, 2.45) is 5.73 Å². The van der Waals surface area contributed by atoms with E-state index < -0.39 is 5.54 Å². The lowest BCUT2D eigenvalue weighted by Crippen LogP contribution is -2.52. The Balaban J connectivity index is 1.88. The maximum Gasteiger partial charge on any atom is 0.237 e. The van der Waals surface area contributed by atoms with Crippen molar-refractivity contribution >= 4 is 17.7 Å². The second-order valence-corrected chi connectivity index (χ2v) is 6.71. The highest BCUT2D eigenvalue weighted by molar-refractivity contribution is 8.00. The van der Waals surface area contributed by atoms with Gasteiger partial charge in [0.05, 0.1) is 5.54 Å². The number of nitrogens with two attached hydrogens (primary N) is 1. The highest BCUT2D eigenvalue weighted by Crippen LogP contribution is 2.42. The van der Waals surface area contributed by atoms with Gasteiger partial charge in [-0.2, -0.15) is 11.8 Å². The van der Waals surface area contributed by atoms with E-state index in [1.807, 2.05) is 7.05 Å². The van der Waals surface area contributed by atoms with Gasteiger partial charge in [0.2, 0.25) is 5.91 Å². The van der Waals surface area contributed by atoms with Gasteiger partial charge in [0.1, 0.15) is 0 Å². The largest absolute Gasteiger partial charge is 0.368 e. The molecule has 0 aromatic carbocycles. The van der Waals surface area contributed by atoms with Crippen molar-refractivity contribution in [3.63, 3.8) is 0 Å². The van der Waals surface area contributed by atoms with Crippen LogP contribution in [-0.2, 0) is 4.79 Å². The molecule has 0 saturated heterocycles. The maximum atomic E-state index is 11.5.